The van der Waals surface area contributed by atoms with E-state index < -0.39 is 0 Å². The molecule has 1 aromatic carbocycles. The van der Waals surface area contributed by atoms with Crippen LogP contribution in [0.5, 0.6) is 0 Å². The molecule has 0 saturated carbocycles. The van der Waals surface area contributed by atoms with E-state index in [9.17, 15) is 9.90 Å². The number of halogens is 1. The number of rotatable bonds is 3. The van der Waals surface area contributed by atoms with Gasteiger partial charge in [0.2, 0.25) is 0 Å². The number of benzene rings is 1. The number of carbonyl (C=O) groups excluding carboxylic acids is 1. The smallest absolute Gasteiger partial charge is 0.274 e. The number of hydrogen-bond acceptors (Lipinski definition) is 3. The van der Waals surface area contributed by atoms with Crippen molar-refractivity contribution in [2.75, 3.05) is 19.7 Å². The SMILES string of the molecule is O=C(c1nn(-c2ccc(Br)cc2)c2c1CCCC2)N1CCCC(CO)C1. The van der Waals surface area contributed by atoms with Crippen LogP contribution >= 0.6 is 15.9 Å². The van der Waals surface area contributed by atoms with Gasteiger partial charge in [0.1, 0.15) is 0 Å². The van der Waals surface area contributed by atoms with E-state index >= 15 is 0 Å². The van der Waals surface area contributed by atoms with E-state index in [1.165, 1.54) is 5.69 Å². The molecule has 138 valence electrons. The summed E-state index contributed by atoms with van der Waals surface area (Å²) in [5, 5.41) is 14.2. The molecule has 0 spiro atoms. The lowest BCUT2D eigenvalue weighted by molar-refractivity contribution is 0.0613. The van der Waals surface area contributed by atoms with Gasteiger partial charge in [-0.25, -0.2) is 4.68 Å². The highest BCUT2D eigenvalue weighted by Gasteiger charge is 2.30. The van der Waals surface area contributed by atoms with Crippen LogP contribution < -0.4 is 0 Å². The molecule has 6 heteroatoms. The molecule has 1 aromatic heterocycles. The zero-order valence-corrected chi connectivity index (χ0v) is 16.4. The Morgan fingerprint density at radius 2 is 1.96 bits per heavy atom. The lowest BCUT2D eigenvalue weighted by Crippen LogP contribution is -2.41. The highest BCUT2D eigenvalue weighted by Crippen LogP contribution is 2.29. The molecule has 1 aliphatic carbocycles. The molecule has 1 N–H and O–H groups in total. The summed E-state index contributed by atoms with van der Waals surface area (Å²) in [4.78, 5) is 15.1. The van der Waals surface area contributed by atoms with E-state index in [0.29, 0.717) is 12.2 Å². The van der Waals surface area contributed by atoms with Crippen LogP contribution in [0.4, 0.5) is 0 Å². The van der Waals surface area contributed by atoms with Gasteiger partial charge in [0.25, 0.3) is 5.91 Å². The number of carbonyl (C=O) groups is 1. The van der Waals surface area contributed by atoms with Gasteiger partial charge >= 0.3 is 0 Å². The maximum absolute atomic E-state index is 13.2. The fourth-order valence-corrected chi connectivity index (χ4v) is 4.38. The van der Waals surface area contributed by atoms with Crippen molar-refractivity contribution in [3.8, 4) is 5.69 Å². The summed E-state index contributed by atoms with van der Waals surface area (Å²) in [5.74, 6) is 0.217. The highest BCUT2D eigenvalue weighted by atomic mass is 79.9. The van der Waals surface area contributed by atoms with Crippen molar-refractivity contribution in [1.82, 2.24) is 14.7 Å². The maximum Gasteiger partial charge on any atom is 0.274 e. The normalized spacial score (nSPS) is 20.1. The first-order chi connectivity index (χ1) is 12.7. The van der Waals surface area contributed by atoms with Crippen molar-refractivity contribution in [3.05, 3.63) is 45.7 Å². The predicted molar refractivity (Wildman–Crippen MR) is 104 cm³/mol. The number of likely N-dealkylation sites (tertiary alicyclic amines) is 1. The van der Waals surface area contributed by atoms with Crippen LogP contribution in [-0.4, -0.2) is 45.4 Å². The first kappa shape index (κ1) is 17.7. The number of aromatic nitrogens is 2. The average molecular weight is 418 g/mol. The molecule has 1 fully saturated rings. The summed E-state index contributed by atoms with van der Waals surface area (Å²) >= 11 is 3.47. The quantitative estimate of drug-likeness (QED) is 0.832. The molecule has 1 aliphatic heterocycles. The molecule has 1 atom stereocenters. The van der Waals surface area contributed by atoms with Crippen LogP contribution in [0.2, 0.25) is 0 Å². The van der Waals surface area contributed by atoms with Crippen LogP contribution in [0, 0.1) is 5.92 Å². The second-order valence-electron chi connectivity index (χ2n) is 7.31. The monoisotopic (exact) mass is 417 g/mol. The Bertz CT molecular complexity index is 800. The number of hydrogen-bond donors (Lipinski definition) is 1. The number of fused-ring (bicyclic) bond motifs is 1. The van der Waals surface area contributed by atoms with Crippen LogP contribution in [0.3, 0.4) is 0 Å². The van der Waals surface area contributed by atoms with Crippen LogP contribution in [0.15, 0.2) is 28.7 Å². The summed E-state index contributed by atoms with van der Waals surface area (Å²) in [5.41, 5.74) is 3.91. The molecular formula is C20H24BrN3O2. The standard InChI is InChI=1S/C20H24BrN3O2/c21-15-7-9-16(10-8-15)24-18-6-2-1-5-17(18)19(22-24)20(26)23-11-3-4-14(12-23)13-25/h7-10,14,25H,1-6,11-13H2. The summed E-state index contributed by atoms with van der Waals surface area (Å²) in [6, 6.07) is 8.07. The summed E-state index contributed by atoms with van der Waals surface area (Å²) in [7, 11) is 0. The minimum atomic E-state index is 0.0251. The fourth-order valence-electron chi connectivity index (χ4n) is 4.11. The first-order valence-electron chi connectivity index (χ1n) is 9.44. The Morgan fingerprint density at radius 1 is 1.19 bits per heavy atom. The van der Waals surface area contributed by atoms with Gasteiger partial charge in [0, 0.05) is 35.4 Å². The number of nitrogens with zero attached hydrogens (tertiary/aromatic N) is 3. The minimum absolute atomic E-state index is 0.0251. The number of aliphatic hydroxyl groups is 1. The third-order valence-electron chi connectivity index (χ3n) is 5.52. The van der Waals surface area contributed by atoms with Crippen LogP contribution in [0.25, 0.3) is 5.69 Å². The van der Waals surface area contributed by atoms with E-state index in [0.717, 1.165) is 60.8 Å². The molecule has 1 amide bonds. The van der Waals surface area contributed by atoms with Crippen LogP contribution in [0.1, 0.15) is 47.4 Å². The number of piperidine rings is 1. The van der Waals surface area contributed by atoms with E-state index in [1.54, 1.807) is 0 Å². The van der Waals surface area contributed by atoms with Crippen molar-refractivity contribution in [2.45, 2.75) is 38.5 Å². The highest BCUT2D eigenvalue weighted by molar-refractivity contribution is 9.10. The van der Waals surface area contributed by atoms with Gasteiger partial charge in [0.15, 0.2) is 5.69 Å². The van der Waals surface area contributed by atoms with Gasteiger partial charge in [-0.05, 0) is 68.7 Å². The Morgan fingerprint density at radius 3 is 2.73 bits per heavy atom. The zero-order valence-electron chi connectivity index (χ0n) is 14.8. The Kier molecular flexibility index (Phi) is 5.14. The Hall–Kier alpha value is -1.66. The summed E-state index contributed by atoms with van der Waals surface area (Å²) in [6.45, 7) is 1.54. The minimum Gasteiger partial charge on any atom is -0.396 e. The third kappa shape index (κ3) is 3.32. The lowest BCUT2D eigenvalue weighted by Gasteiger charge is -2.31. The van der Waals surface area contributed by atoms with Crippen LogP contribution in [-0.2, 0) is 12.8 Å². The first-order valence-corrected chi connectivity index (χ1v) is 10.2. The van der Waals surface area contributed by atoms with Gasteiger partial charge in [0.05, 0.1) is 5.69 Å². The summed E-state index contributed by atoms with van der Waals surface area (Å²) in [6.07, 6.45) is 6.07. The summed E-state index contributed by atoms with van der Waals surface area (Å²) < 4.78 is 2.99. The molecule has 0 bridgehead atoms. The van der Waals surface area contributed by atoms with Crippen molar-refractivity contribution in [3.63, 3.8) is 0 Å². The molecule has 0 radical (unpaired) electrons. The van der Waals surface area contributed by atoms with Crippen molar-refractivity contribution in [1.29, 1.82) is 0 Å². The lowest BCUT2D eigenvalue weighted by atomic mass is 9.94. The van der Waals surface area contributed by atoms with Gasteiger partial charge in [-0.15, -0.1) is 0 Å². The van der Waals surface area contributed by atoms with Crippen molar-refractivity contribution in [2.24, 2.45) is 5.92 Å². The van der Waals surface area contributed by atoms with Gasteiger partial charge in [-0.1, -0.05) is 15.9 Å². The van der Waals surface area contributed by atoms with E-state index in [-0.39, 0.29) is 18.4 Å². The third-order valence-corrected chi connectivity index (χ3v) is 6.05. The second-order valence-corrected chi connectivity index (χ2v) is 8.23. The topological polar surface area (TPSA) is 58.4 Å². The van der Waals surface area contributed by atoms with Gasteiger partial charge < -0.3 is 10.0 Å². The molecule has 2 aromatic rings. The molecule has 1 saturated heterocycles. The molecule has 2 aliphatic rings. The van der Waals surface area contributed by atoms with Gasteiger partial charge in [-0.3, -0.25) is 4.79 Å². The maximum atomic E-state index is 13.2. The van der Waals surface area contributed by atoms with Gasteiger partial charge in [-0.2, -0.15) is 5.10 Å². The molecule has 5 nitrogen and oxygen atoms in total. The van der Waals surface area contributed by atoms with E-state index in [2.05, 4.69) is 15.9 Å². The van der Waals surface area contributed by atoms with E-state index in [1.807, 2.05) is 33.8 Å². The van der Waals surface area contributed by atoms with Crippen molar-refractivity contribution < 1.29 is 9.90 Å². The fraction of sp³-hybridized carbons (Fsp3) is 0.500. The second kappa shape index (κ2) is 7.53. The van der Waals surface area contributed by atoms with Crippen molar-refractivity contribution >= 4 is 21.8 Å². The Labute approximate surface area is 162 Å². The Balaban J connectivity index is 1.70. The number of aliphatic hydroxyl groups excluding tert-OH is 1. The molecule has 2 heterocycles. The molecular weight excluding hydrogens is 394 g/mol. The largest absolute Gasteiger partial charge is 0.396 e. The average Bonchev–Trinajstić information content (AvgIpc) is 3.08. The van der Waals surface area contributed by atoms with E-state index in [4.69, 9.17) is 5.10 Å². The molecule has 1 unspecified atom stereocenters. The predicted octanol–water partition coefficient (Wildman–Crippen LogP) is 3.36. The number of amides is 1. The molecule has 4 rings (SSSR count). The molecule has 26 heavy (non-hydrogen) atoms. The zero-order chi connectivity index (χ0) is 18.1.